The fraction of sp³-hybridized carbons (Fsp3) is 0.462. The number of benzene rings is 1. The predicted molar refractivity (Wildman–Crippen MR) is 62.6 cm³/mol. The van der Waals surface area contributed by atoms with Crippen LogP contribution in [-0.4, -0.2) is 24.3 Å². The molecule has 0 heterocycles. The third kappa shape index (κ3) is 5.04. The summed E-state index contributed by atoms with van der Waals surface area (Å²) >= 11 is 0. The Kier molecular flexibility index (Phi) is 5.22. The summed E-state index contributed by atoms with van der Waals surface area (Å²) < 4.78 is 25.7. The number of carbonyl (C=O) groups excluding carboxylic acids is 1. The Balaban J connectivity index is 2.42. The average molecular weight is 241 g/mol. The maximum absolute atomic E-state index is 12.9. The number of rotatable bonds is 6. The van der Waals surface area contributed by atoms with Gasteiger partial charge in [-0.15, -0.1) is 0 Å². The van der Waals surface area contributed by atoms with Crippen molar-refractivity contribution in [1.82, 2.24) is 4.90 Å². The summed E-state index contributed by atoms with van der Waals surface area (Å²) in [4.78, 5) is 12.7. The molecule has 0 spiro atoms. The largest absolute Gasteiger partial charge is 0.302 e. The van der Waals surface area contributed by atoms with Crippen molar-refractivity contribution in [3.05, 3.63) is 35.4 Å². The molecule has 0 atom stereocenters. The Bertz CT molecular complexity index is 393. The molecule has 4 heteroatoms. The molecule has 0 N–H and O–H groups in total. The van der Waals surface area contributed by atoms with E-state index in [2.05, 4.69) is 0 Å². The van der Waals surface area contributed by atoms with Crippen LogP contribution in [0.3, 0.4) is 0 Å². The highest BCUT2D eigenvalue weighted by Crippen LogP contribution is 2.10. The van der Waals surface area contributed by atoms with Gasteiger partial charge in [0.1, 0.15) is 5.78 Å². The van der Waals surface area contributed by atoms with Crippen LogP contribution in [0.2, 0.25) is 0 Å². The molecule has 0 unspecified atom stereocenters. The second kappa shape index (κ2) is 6.45. The van der Waals surface area contributed by atoms with E-state index < -0.39 is 11.6 Å². The second-order valence-corrected chi connectivity index (χ2v) is 4.29. The van der Waals surface area contributed by atoms with Gasteiger partial charge < -0.3 is 9.69 Å². The highest BCUT2D eigenvalue weighted by molar-refractivity contribution is 5.75. The third-order valence-corrected chi connectivity index (χ3v) is 2.51. The highest BCUT2D eigenvalue weighted by atomic mass is 19.2. The van der Waals surface area contributed by atoms with Crippen LogP contribution >= 0.6 is 0 Å². The fourth-order valence-electron chi connectivity index (χ4n) is 1.63. The van der Waals surface area contributed by atoms with E-state index in [-0.39, 0.29) is 5.78 Å². The Hall–Kier alpha value is -1.29. The summed E-state index contributed by atoms with van der Waals surface area (Å²) in [5.41, 5.74) is 0.731. The van der Waals surface area contributed by atoms with E-state index in [0.717, 1.165) is 24.6 Å². The zero-order valence-electron chi connectivity index (χ0n) is 10.2. The normalized spacial score (nSPS) is 10.9. The Morgan fingerprint density at radius 2 is 2.00 bits per heavy atom. The SMILES string of the molecule is CC(=O)CCCN(C)Cc1ccc(F)c(F)c1. The monoisotopic (exact) mass is 241 g/mol. The first-order chi connectivity index (χ1) is 7.99. The molecule has 1 aromatic carbocycles. The number of Topliss-reactive ketones (excluding diaryl/α,β-unsaturated/α-hetero) is 1. The number of ketones is 1. The van der Waals surface area contributed by atoms with E-state index in [1.54, 1.807) is 13.0 Å². The summed E-state index contributed by atoms with van der Waals surface area (Å²) in [6, 6.07) is 3.91. The van der Waals surface area contributed by atoms with Gasteiger partial charge in [-0.05, 0) is 44.6 Å². The van der Waals surface area contributed by atoms with E-state index in [4.69, 9.17) is 0 Å². The zero-order chi connectivity index (χ0) is 12.8. The van der Waals surface area contributed by atoms with Crippen LogP contribution in [0.15, 0.2) is 18.2 Å². The molecule has 1 aromatic rings. The maximum Gasteiger partial charge on any atom is 0.159 e. The van der Waals surface area contributed by atoms with Crippen molar-refractivity contribution in [2.75, 3.05) is 13.6 Å². The molecular weight excluding hydrogens is 224 g/mol. The van der Waals surface area contributed by atoms with Gasteiger partial charge in [-0.2, -0.15) is 0 Å². The fourth-order valence-corrected chi connectivity index (χ4v) is 1.63. The lowest BCUT2D eigenvalue weighted by molar-refractivity contribution is -0.117. The summed E-state index contributed by atoms with van der Waals surface area (Å²) in [7, 11) is 1.89. The van der Waals surface area contributed by atoms with Crippen LogP contribution < -0.4 is 0 Å². The second-order valence-electron chi connectivity index (χ2n) is 4.29. The van der Waals surface area contributed by atoms with Gasteiger partial charge in [0.25, 0.3) is 0 Å². The van der Waals surface area contributed by atoms with Crippen molar-refractivity contribution in [3.8, 4) is 0 Å². The molecule has 0 aliphatic heterocycles. The maximum atomic E-state index is 12.9. The van der Waals surface area contributed by atoms with Gasteiger partial charge in [-0.3, -0.25) is 0 Å². The zero-order valence-corrected chi connectivity index (χ0v) is 10.2. The standard InChI is InChI=1S/C13H17F2NO/c1-10(17)4-3-7-16(2)9-11-5-6-12(14)13(15)8-11/h5-6,8H,3-4,7,9H2,1-2H3. The molecular formula is C13H17F2NO. The third-order valence-electron chi connectivity index (χ3n) is 2.51. The molecule has 94 valence electrons. The molecule has 0 bridgehead atoms. The van der Waals surface area contributed by atoms with Crippen molar-refractivity contribution < 1.29 is 13.6 Å². The topological polar surface area (TPSA) is 20.3 Å². The van der Waals surface area contributed by atoms with Crippen LogP contribution in [0.4, 0.5) is 8.78 Å². The van der Waals surface area contributed by atoms with Crippen LogP contribution in [0.1, 0.15) is 25.3 Å². The first-order valence-corrected chi connectivity index (χ1v) is 5.61. The molecule has 0 amide bonds. The lowest BCUT2D eigenvalue weighted by atomic mass is 10.2. The van der Waals surface area contributed by atoms with Gasteiger partial charge in [0.2, 0.25) is 0 Å². The summed E-state index contributed by atoms with van der Waals surface area (Å²) in [6.07, 6.45) is 1.34. The Labute approximate surface area is 100 Å². The van der Waals surface area contributed by atoms with Gasteiger partial charge in [-0.25, -0.2) is 8.78 Å². The first kappa shape index (κ1) is 13.8. The van der Waals surface area contributed by atoms with Crippen molar-refractivity contribution in [2.24, 2.45) is 0 Å². The van der Waals surface area contributed by atoms with Gasteiger partial charge >= 0.3 is 0 Å². The molecule has 2 nitrogen and oxygen atoms in total. The van der Waals surface area contributed by atoms with Gasteiger partial charge in [0, 0.05) is 13.0 Å². The van der Waals surface area contributed by atoms with Gasteiger partial charge in [0.15, 0.2) is 11.6 Å². The molecule has 0 aliphatic carbocycles. The molecule has 17 heavy (non-hydrogen) atoms. The van der Waals surface area contributed by atoms with Crippen LogP contribution in [0.25, 0.3) is 0 Å². The molecule has 0 aliphatic rings. The molecule has 0 saturated carbocycles. The minimum absolute atomic E-state index is 0.172. The number of hydrogen-bond acceptors (Lipinski definition) is 2. The molecule has 0 fully saturated rings. The summed E-state index contributed by atoms with van der Waals surface area (Å²) in [6.45, 7) is 2.88. The van der Waals surface area contributed by atoms with Crippen LogP contribution in [-0.2, 0) is 11.3 Å². The number of nitrogens with zero attached hydrogens (tertiary/aromatic N) is 1. The summed E-state index contributed by atoms with van der Waals surface area (Å²) in [5.74, 6) is -1.47. The molecule has 0 aromatic heterocycles. The van der Waals surface area contributed by atoms with Crippen molar-refractivity contribution >= 4 is 5.78 Å². The van der Waals surface area contributed by atoms with E-state index in [9.17, 15) is 13.6 Å². The van der Waals surface area contributed by atoms with E-state index >= 15 is 0 Å². The van der Waals surface area contributed by atoms with E-state index in [1.165, 1.54) is 6.07 Å². The number of hydrogen-bond donors (Lipinski definition) is 0. The van der Waals surface area contributed by atoms with Crippen molar-refractivity contribution in [2.45, 2.75) is 26.3 Å². The first-order valence-electron chi connectivity index (χ1n) is 5.61. The van der Waals surface area contributed by atoms with Crippen LogP contribution in [0, 0.1) is 11.6 Å². The number of halogens is 2. The summed E-state index contributed by atoms with van der Waals surface area (Å²) in [5, 5.41) is 0. The quantitative estimate of drug-likeness (QED) is 0.763. The van der Waals surface area contributed by atoms with Gasteiger partial charge in [0.05, 0.1) is 0 Å². The highest BCUT2D eigenvalue weighted by Gasteiger charge is 2.05. The average Bonchev–Trinajstić information content (AvgIpc) is 2.23. The minimum Gasteiger partial charge on any atom is -0.302 e. The lowest BCUT2D eigenvalue weighted by Gasteiger charge is -2.16. The Morgan fingerprint density at radius 1 is 1.29 bits per heavy atom. The molecule has 0 saturated heterocycles. The predicted octanol–water partition coefficient (Wildman–Crippen LogP) is 2.77. The van der Waals surface area contributed by atoms with E-state index in [0.29, 0.717) is 13.0 Å². The van der Waals surface area contributed by atoms with Crippen molar-refractivity contribution in [3.63, 3.8) is 0 Å². The Morgan fingerprint density at radius 3 is 2.59 bits per heavy atom. The van der Waals surface area contributed by atoms with Crippen LogP contribution in [0.5, 0.6) is 0 Å². The lowest BCUT2D eigenvalue weighted by Crippen LogP contribution is -2.19. The smallest absolute Gasteiger partial charge is 0.159 e. The van der Waals surface area contributed by atoms with Gasteiger partial charge in [-0.1, -0.05) is 6.07 Å². The molecule has 1 rings (SSSR count). The minimum atomic E-state index is -0.826. The van der Waals surface area contributed by atoms with Crippen molar-refractivity contribution in [1.29, 1.82) is 0 Å². The molecule has 0 radical (unpaired) electrons. The van der Waals surface area contributed by atoms with E-state index in [1.807, 2.05) is 11.9 Å². The number of carbonyl (C=O) groups is 1.